The summed E-state index contributed by atoms with van der Waals surface area (Å²) in [5, 5.41) is 10.2. The lowest BCUT2D eigenvalue weighted by molar-refractivity contribution is -0.136. The van der Waals surface area contributed by atoms with Crippen molar-refractivity contribution >= 4 is 22.7 Å². The molecule has 168 valence electrons. The van der Waals surface area contributed by atoms with Crippen molar-refractivity contribution < 1.29 is 23.8 Å². The number of carboxylic acids is 1. The second kappa shape index (κ2) is 9.30. The van der Waals surface area contributed by atoms with E-state index in [1.165, 1.54) is 6.92 Å². The van der Waals surface area contributed by atoms with Crippen LogP contribution in [0.25, 0.3) is 22.1 Å². The Morgan fingerprint density at radius 2 is 1.88 bits per heavy atom. The van der Waals surface area contributed by atoms with Gasteiger partial charge in [0, 0.05) is 28.6 Å². The SMILES string of the molecule is CC(=O)c1ccc(CC(=O)O)c(OCc2cc(-c3cccc(CN)c3)c3occ(C)c3c2)c1. The van der Waals surface area contributed by atoms with Crippen LogP contribution in [0.5, 0.6) is 5.75 Å². The molecule has 1 aromatic heterocycles. The lowest BCUT2D eigenvalue weighted by Gasteiger charge is -2.13. The normalized spacial score (nSPS) is 11.0. The average Bonchev–Trinajstić information content (AvgIpc) is 3.18. The zero-order valence-electron chi connectivity index (χ0n) is 18.6. The minimum Gasteiger partial charge on any atom is -0.489 e. The first kappa shape index (κ1) is 22.3. The predicted octanol–water partition coefficient (Wildman–Crippen LogP) is 5.28. The van der Waals surface area contributed by atoms with Crippen LogP contribution in [0, 0.1) is 6.92 Å². The molecule has 6 nitrogen and oxygen atoms in total. The molecule has 33 heavy (non-hydrogen) atoms. The molecule has 0 unspecified atom stereocenters. The smallest absolute Gasteiger partial charge is 0.307 e. The molecule has 3 aromatic carbocycles. The number of aryl methyl sites for hydroxylation is 1. The zero-order chi connectivity index (χ0) is 23.5. The van der Waals surface area contributed by atoms with Gasteiger partial charge < -0.3 is 20.0 Å². The molecule has 0 bridgehead atoms. The summed E-state index contributed by atoms with van der Waals surface area (Å²) in [5.74, 6) is -0.687. The van der Waals surface area contributed by atoms with Gasteiger partial charge in [-0.2, -0.15) is 0 Å². The maximum Gasteiger partial charge on any atom is 0.307 e. The maximum atomic E-state index is 11.8. The highest BCUT2D eigenvalue weighted by atomic mass is 16.5. The fourth-order valence-electron chi connectivity index (χ4n) is 3.86. The number of rotatable bonds is 8. The highest BCUT2D eigenvalue weighted by Crippen LogP contribution is 2.34. The number of benzene rings is 3. The number of fused-ring (bicyclic) bond motifs is 1. The first-order valence-electron chi connectivity index (χ1n) is 10.6. The van der Waals surface area contributed by atoms with Crippen LogP contribution in [0.2, 0.25) is 0 Å². The van der Waals surface area contributed by atoms with E-state index in [1.54, 1.807) is 24.5 Å². The summed E-state index contributed by atoms with van der Waals surface area (Å²) in [7, 11) is 0. The molecule has 1 heterocycles. The molecule has 0 aliphatic rings. The molecule has 0 amide bonds. The maximum absolute atomic E-state index is 11.8. The van der Waals surface area contributed by atoms with Crippen LogP contribution in [0.15, 0.2) is 65.3 Å². The van der Waals surface area contributed by atoms with E-state index in [4.69, 9.17) is 14.9 Å². The Balaban J connectivity index is 1.73. The number of Topliss-reactive ketones (excluding diaryl/α,β-unsaturated/α-hetero) is 1. The van der Waals surface area contributed by atoms with E-state index in [2.05, 4.69) is 0 Å². The number of hydrogen-bond acceptors (Lipinski definition) is 5. The predicted molar refractivity (Wildman–Crippen MR) is 126 cm³/mol. The fraction of sp³-hybridized carbons (Fsp3) is 0.185. The van der Waals surface area contributed by atoms with Crippen LogP contribution in [-0.2, 0) is 24.4 Å². The van der Waals surface area contributed by atoms with Gasteiger partial charge in [-0.05, 0) is 60.4 Å². The minimum absolute atomic E-state index is 0.112. The van der Waals surface area contributed by atoms with Gasteiger partial charge in [0.05, 0.1) is 12.7 Å². The Morgan fingerprint density at radius 1 is 1.06 bits per heavy atom. The van der Waals surface area contributed by atoms with E-state index in [9.17, 15) is 14.7 Å². The Morgan fingerprint density at radius 3 is 2.61 bits per heavy atom. The van der Waals surface area contributed by atoms with Crippen LogP contribution in [0.4, 0.5) is 0 Å². The highest BCUT2D eigenvalue weighted by molar-refractivity contribution is 5.95. The van der Waals surface area contributed by atoms with Gasteiger partial charge in [0.25, 0.3) is 0 Å². The Bertz CT molecular complexity index is 1350. The zero-order valence-corrected chi connectivity index (χ0v) is 18.6. The molecule has 0 saturated heterocycles. The van der Waals surface area contributed by atoms with E-state index < -0.39 is 5.97 Å². The third kappa shape index (κ3) is 4.81. The van der Waals surface area contributed by atoms with Gasteiger partial charge in [-0.3, -0.25) is 9.59 Å². The third-order valence-corrected chi connectivity index (χ3v) is 5.61. The number of carbonyl (C=O) groups excluding carboxylic acids is 1. The number of ether oxygens (including phenoxy) is 1. The molecule has 6 heteroatoms. The van der Waals surface area contributed by atoms with Crippen LogP contribution >= 0.6 is 0 Å². The van der Waals surface area contributed by atoms with Crippen molar-refractivity contribution in [1.82, 2.24) is 0 Å². The summed E-state index contributed by atoms with van der Waals surface area (Å²) >= 11 is 0. The molecular formula is C27H25NO5. The van der Waals surface area contributed by atoms with Crippen molar-refractivity contribution in [2.24, 2.45) is 5.73 Å². The van der Waals surface area contributed by atoms with Gasteiger partial charge in [0.15, 0.2) is 5.78 Å². The van der Waals surface area contributed by atoms with Gasteiger partial charge >= 0.3 is 5.97 Å². The summed E-state index contributed by atoms with van der Waals surface area (Å²) in [6, 6.07) is 16.9. The van der Waals surface area contributed by atoms with Crippen molar-refractivity contribution in [3.05, 3.63) is 88.7 Å². The Kier molecular flexibility index (Phi) is 6.29. The van der Waals surface area contributed by atoms with Crippen molar-refractivity contribution in [3.63, 3.8) is 0 Å². The second-order valence-electron chi connectivity index (χ2n) is 8.08. The number of ketones is 1. The minimum atomic E-state index is -0.965. The summed E-state index contributed by atoms with van der Waals surface area (Å²) in [5.41, 5.74) is 12.4. The molecule has 4 rings (SSSR count). The number of aliphatic carboxylic acids is 1. The monoisotopic (exact) mass is 443 g/mol. The Hall–Kier alpha value is -3.90. The Labute approximate surface area is 191 Å². The topological polar surface area (TPSA) is 103 Å². The summed E-state index contributed by atoms with van der Waals surface area (Å²) in [6.07, 6.45) is 1.54. The van der Waals surface area contributed by atoms with Crippen LogP contribution in [0.3, 0.4) is 0 Å². The number of carboxylic acid groups (broad SMARTS) is 1. The van der Waals surface area contributed by atoms with Crippen LogP contribution < -0.4 is 10.5 Å². The summed E-state index contributed by atoms with van der Waals surface area (Å²) in [6.45, 7) is 4.10. The number of hydrogen-bond donors (Lipinski definition) is 2. The molecule has 0 aliphatic heterocycles. The molecule has 0 aliphatic carbocycles. The van der Waals surface area contributed by atoms with Gasteiger partial charge in [-0.15, -0.1) is 0 Å². The molecule has 0 spiro atoms. The van der Waals surface area contributed by atoms with Gasteiger partial charge in [-0.25, -0.2) is 0 Å². The van der Waals surface area contributed by atoms with Gasteiger partial charge in [0.2, 0.25) is 0 Å². The van der Waals surface area contributed by atoms with E-state index in [0.29, 0.717) is 23.4 Å². The molecule has 0 fully saturated rings. The quantitative estimate of drug-likeness (QED) is 0.359. The van der Waals surface area contributed by atoms with E-state index in [0.717, 1.165) is 38.8 Å². The standard InChI is InChI=1S/C27H25NO5/c1-16-14-33-27-23(16)9-19(10-24(27)21-5-3-4-18(8-21)13-28)15-32-25-11-20(17(2)29)6-7-22(25)12-26(30)31/h3-11,14H,12-13,15,28H2,1-2H3,(H,30,31). The molecule has 4 aromatic rings. The molecule has 0 radical (unpaired) electrons. The van der Waals surface area contributed by atoms with Crippen molar-refractivity contribution in [1.29, 1.82) is 0 Å². The largest absolute Gasteiger partial charge is 0.489 e. The average molecular weight is 443 g/mol. The van der Waals surface area contributed by atoms with E-state index in [1.807, 2.05) is 43.3 Å². The van der Waals surface area contributed by atoms with Crippen LogP contribution in [0.1, 0.15) is 39.5 Å². The number of furan rings is 1. The molecule has 0 atom stereocenters. The molecule has 0 saturated carbocycles. The molecular weight excluding hydrogens is 418 g/mol. The number of nitrogens with two attached hydrogens (primary N) is 1. The summed E-state index contributed by atoms with van der Waals surface area (Å²) in [4.78, 5) is 23.1. The first-order valence-corrected chi connectivity index (χ1v) is 10.6. The summed E-state index contributed by atoms with van der Waals surface area (Å²) < 4.78 is 11.9. The lowest BCUT2D eigenvalue weighted by Crippen LogP contribution is -2.06. The van der Waals surface area contributed by atoms with E-state index >= 15 is 0 Å². The lowest BCUT2D eigenvalue weighted by atomic mass is 9.98. The molecule has 3 N–H and O–H groups in total. The van der Waals surface area contributed by atoms with E-state index in [-0.39, 0.29) is 18.8 Å². The van der Waals surface area contributed by atoms with Gasteiger partial charge in [-0.1, -0.05) is 30.3 Å². The third-order valence-electron chi connectivity index (χ3n) is 5.61. The highest BCUT2D eigenvalue weighted by Gasteiger charge is 2.15. The number of carbonyl (C=O) groups is 2. The van der Waals surface area contributed by atoms with Gasteiger partial charge in [0.1, 0.15) is 17.9 Å². The van der Waals surface area contributed by atoms with Crippen molar-refractivity contribution in [2.75, 3.05) is 0 Å². The second-order valence-corrected chi connectivity index (χ2v) is 8.08. The first-order chi connectivity index (χ1) is 15.9. The van der Waals surface area contributed by atoms with Crippen molar-refractivity contribution in [3.8, 4) is 16.9 Å². The van der Waals surface area contributed by atoms with Crippen LogP contribution in [-0.4, -0.2) is 16.9 Å². The van der Waals surface area contributed by atoms with Crippen molar-refractivity contribution in [2.45, 2.75) is 33.4 Å². The fourth-order valence-corrected chi connectivity index (χ4v) is 3.86.